The minimum absolute atomic E-state index is 0.385. The first-order valence-electron chi connectivity index (χ1n) is 8.84. The predicted molar refractivity (Wildman–Crippen MR) is 91.7 cm³/mol. The zero-order valence-corrected chi connectivity index (χ0v) is 16.8. The maximum Gasteiger partial charge on any atom is 0.200 e. The highest BCUT2D eigenvalue weighted by molar-refractivity contribution is 6.77. The van der Waals surface area contributed by atoms with Crippen molar-refractivity contribution in [2.75, 3.05) is 6.61 Å². The average molecular weight is 347 g/mol. The summed E-state index contributed by atoms with van der Waals surface area (Å²) in [5.74, 6) is -0.700. The maximum absolute atomic E-state index is 10.5. The van der Waals surface area contributed by atoms with Gasteiger partial charge in [0.05, 0.1) is 6.61 Å². The number of aliphatic hydroxyl groups excluding tert-OH is 1. The molecule has 5 nitrogen and oxygen atoms in total. The van der Waals surface area contributed by atoms with E-state index in [-0.39, 0.29) is 6.10 Å². The summed E-state index contributed by atoms with van der Waals surface area (Å²) in [6.45, 7) is 17.6. The largest absolute Gasteiger partial charge is 0.413 e. The molecule has 1 N–H and O–H groups in total. The van der Waals surface area contributed by atoms with E-state index in [1.807, 2.05) is 13.8 Å². The van der Waals surface area contributed by atoms with Gasteiger partial charge in [0, 0.05) is 0 Å². The van der Waals surface area contributed by atoms with Gasteiger partial charge in [-0.2, -0.15) is 0 Å². The summed E-state index contributed by atoms with van der Waals surface area (Å²) in [5.41, 5.74) is 1.52. The van der Waals surface area contributed by atoms with Gasteiger partial charge in [-0.3, -0.25) is 0 Å². The van der Waals surface area contributed by atoms with Crippen LogP contribution in [0, 0.1) is 0 Å². The van der Waals surface area contributed by atoms with E-state index in [9.17, 15) is 5.11 Å². The molecule has 0 bridgehead atoms. The lowest BCUT2D eigenvalue weighted by molar-refractivity contribution is -0.217. The van der Waals surface area contributed by atoms with Gasteiger partial charge in [-0.05, 0) is 30.5 Å². The van der Waals surface area contributed by atoms with Crippen LogP contribution in [0.15, 0.2) is 0 Å². The van der Waals surface area contributed by atoms with E-state index < -0.39 is 32.6 Å². The third-order valence-corrected chi connectivity index (χ3v) is 11.4. The highest BCUT2D eigenvalue weighted by atomic mass is 28.4. The minimum atomic E-state index is -1.96. The van der Waals surface area contributed by atoms with Crippen molar-refractivity contribution >= 4 is 8.32 Å². The van der Waals surface area contributed by atoms with Crippen molar-refractivity contribution in [3.63, 3.8) is 0 Å². The van der Waals surface area contributed by atoms with E-state index in [0.29, 0.717) is 23.2 Å². The first-order chi connectivity index (χ1) is 10.5. The van der Waals surface area contributed by atoms with Gasteiger partial charge in [-0.25, -0.2) is 0 Å². The van der Waals surface area contributed by atoms with Crippen molar-refractivity contribution in [2.45, 2.75) is 102 Å². The molecule has 0 amide bonds. The second-order valence-corrected chi connectivity index (χ2v) is 13.7. The summed E-state index contributed by atoms with van der Waals surface area (Å²) < 4.78 is 23.8. The molecule has 0 unspecified atom stereocenters. The van der Waals surface area contributed by atoms with Gasteiger partial charge >= 0.3 is 0 Å². The van der Waals surface area contributed by atoms with E-state index in [1.54, 1.807) is 0 Å². The van der Waals surface area contributed by atoms with Crippen LogP contribution in [-0.2, 0) is 18.6 Å². The van der Waals surface area contributed by atoms with Crippen LogP contribution in [0.1, 0.15) is 55.4 Å². The Hall–Kier alpha value is 0.0169. The fraction of sp³-hybridized carbons (Fsp3) is 1.00. The van der Waals surface area contributed by atoms with Crippen molar-refractivity contribution < 1.29 is 23.7 Å². The van der Waals surface area contributed by atoms with Gasteiger partial charge in [0.1, 0.15) is 18.3 Å². The van der Waals surface area contributed by atoms with E-state index >= 15 is 0 Å². The fourth-order valence-electron chi connectivity index (χ4n) is 4.42. The Morgan fingerprint density at radius 3 is 1.96 bits per heavy atom. The molecule has 2 rings (SSSR count). The molecule has 0 spiro atoms. The van der Waals surface area contributed by atoms with Crippen LogP contribution < -0.4 is 0 Å². The number of aliphatic hydroxyl groups is 1. The number of hydrogen-bond acceptors (Lipinski definition) is 5. The van der Waals surface area contributed by atoms with Crippen LogP contribution in [-0.4, -0.2) is 50.4 Å². The highest BCUT2D eigenvalue weighted by Crippen LogP contribution is 2.43. The molecular formula is C17H34O5Si. The predicted octanol–water partition coefficient (Wildman–Crippen LogP) is 3.42. The topological polar surface area (TPSA) is 57.2 Å². The Morgan fingerprint density at radius 2 is 1.52 bits per heavy atom. The Bertz CT molecular complexity index is 388. The summed E-state index contributed by atoms with van der Waals surface area (Å²) in [6, 6.07) is 0. The average Bonchev–Trinajstić information content (AvgIpc) is 2.83. The number of hydrogen-bond donors (Lipinski definition) is 1. The monoisotopic (exact) mass is 346 g/mol. The van der Waals surface area contributed by atoms with Crippen LogP contribution in [0.3, 0.4) is 0 Å². The molecule has 2 fully saturated rings. The van der Waals surface area contributed by atoms with Gasteiger partial charge in [-0.15, -0.1) is 0 Å². The lowest BCUT2D eigenvalue weighted by Gasteiger charge is -2.42. The smallest absolute Gasteiger partial charge is 0.200 e. The summed E-state index contributed by atoms with van der Waals surface area (Å²) >= 11 is 0. The molecule has 0 aromatic heterocycles. The molecule has 0 radical (unpaired) electrons. The van der Waals surface area contributed by atoms with E-state index in [4.69, 9.17) is 18.6 Å². The van der Waals surface area contributed by atoms with Gasteiger partial charge < -0.3 is 23.7 Å². The molecule has 2 saturated heterocycles. The van der Waals surface area contributed by atoms with Crippen LogP contribution >= 0.6 is 0 Å². The van der Waals surface area contributed by atoms with Crippen molar-refractivity contribution in [1.29, 1.82) is 0 Å². The zero-order chi connectivity index (χ0) is 17.6. The molecule has 2 heterocycles. The second-order valence-electron chi connectivity index (χ2n) is 8.26. The lowest BCUT2D eigenvalue weighted by Crippen LogP contribution is -2.50. The summed E-state index contributed by atoms with van der Waals surface area (Å²) in [4.78, 5) is 0. The first kappa shape index (κ1) is 19.3. The highest BCUT2D eigenvalue weighted by Gasteiger charge is 2.55. The molecule has 0 aromatic carbocycles. The van der Waals surface area contributed by atoms with Gasteiger partial charge in [0.25, 0.3) is 0 Å². The molecule has 136 valence electrons. The Labute approximate surface area is 141 Å². The second kappa shape index (κ2) is 6.73. The third-order valence-electron chi connectivity index (χ3n) is 5.32. The lowest BCUT2D eigenvalue weighted by atomic mass is 10.1. The van der Waals surface area contributed by atoms with E-state index in [2.05, 4.69) is 41.5 Å². The molecule has 6 heteroatoms. The van der Waals surface area contributed by atoms with Crippen molar-refractivity contribution in [3.8, 4) is 0 Å². The number of fused-ring (bicyclic) bond motifs is 1. The van der Waals surface area contributed by atoms with E-state index in [0.717, 1.165) is 0 Å². The zero-order valence-electron chi connectivity index (χ0n) is 15.8. The van der Waals surface area contributed by atoms with E-state index in [1.165, 1.54) is 0 Å². The first-order valence-corrected chi connectivity index (χ1v) is 11.0. The quantitative estimate of drug-likeness (QED) is 0.747. The van der Waals surface area contributed by atoms with Crippen LogP contribution in [0.25, 0.3) is 0 Å². The maximum atomic E-state index is 10.5. The summed E-state index contributed by atoms with van der Waals surface area (Å²) in [6.07, 6.45) is -2.02. The fourth-order valence-corrected chi connectivity index (χ4v) is 9.88. The van der Waals surface area contributed by atoms with Crippen molar-refractivity contribution in [1.82, 2.24) is 0 Å². The Balaban J connectivity index is 2.03. The standard InChI is InChI=1S/C17H34O5Si/c1-10(2)23(11(3)4,12(5)6)19-9-13-14(18)15-16(20-13)22-17(7,8)21-15/h10-16,18H,9H2,1-8H3/t13-,14+,15-,16-/m1/s1. The SMILES string of the molecule is CC(C)[Si](OC[C@H]1O[C@@H]2OC(C)(C)O[C@@H]2[C@H]1O)(C(C)C)C(C)C. The Kier molecular flexibility index (Phi) is 5.66. The van der Waals surface area contributed by atoms with Gasteiger partial charge in [0.2, 0.25) is 0 Å². The molecule has 2 aliphatic heterocycles. The van der Waals surface area contributed by atoms with Crippen LogP contribution in [0.5, 0.6) is 0 Å². The third kappa shape index (κ3) is 3.53. The Morgan fingerprint density at radius 1 is 1.00 bits per heavy atom. The number of rotatable bonds is 6. The van der Waals surface area contributed by atoms with Crippen LogP contribution in [0.2, 0.25) is 16.6 Å². The summed E-state index contributed by atoms with van der Waals surface area (Å²) in [5, 5.41) is 10.5. The van der Waals surface area contributed by atoms with Crippen molar-refractivity contribution in [2.24, 2.45) is 0 Å². The van der Waals surface area contributed by atoms with Gasteiger partial charge in [0.15, 0.2) is 20.4 Å². The van der Waals surface area contributed by atoms with Gasteiger partial charge in [-0.1, -0.05) is 41.5 Å². The molecule has 2 aliphatic rings. The molecule has 0 aromatic rings. The molecule has 0 aliphatic carbocycles. The van der Waals surface area contributed by atoms with Crippen molar-refractivity contribution in [3.05, 3.63) is 0 Å². The molecule has 4 atom stereocenters. The molecular weight excluding hydrogens is 312 g/mol. The normalized spacial score (nSPS) is 33.9. The molecule has 0 saturated carbocycles. The summed E-state index contributed by atoms with van der Waals surface area (Å²) in [7, 11) is -1.96. The minimum Gasteiger partial charge on any atom is -0.413 e. The molecule has 23 heavy (non-hydrogen) atoms. The number of ether oxygens (including phenoxy) is 3. The van der Waals surface area contributed by atoms with Crippen LogP contribution in [0.4, 0.5) is 0 Å².